The fourth-order valence-electron chi connectivity index (χ4n) is 2.39. The van der Waals surface area contributed by atoms with Crippen LogP contribution in [0.5, 0.6) is 0 Å². The summed E-state index contributed by atoms with van der Waals surface area (Å²) in [7, 11) is -5.04. The second kappa shape index (κ2) is 6.15. The molecule has 2 aliphatic rings. The zero-order valence-electron chi connectivity index (χ0n) is 11.8. The number of aromatic nitrogens is 1. The molecule has 3 rings (SSSR count). The molecule has 2 amide bonds. The predicted octanol–water partition coefficient (Wildman–Crippen LogP) is -3.04. The van der Waals surface area contributed by atoms with Gasteiger partial charge >= 0.3 is 35.6 Å². The molecule has 0 aliphatic carbocycles. The second-order valence-corrected chi connectivity index (χ2v) is 6.87. The maximum atomic E-state index is 11.9. The molecule has 12 heteroatoms. The Morgan fingerprint density at radius 3 is 2.82 bits per heavy atom. The molecule has 0 aromatic carbocycles. The third-order valence-corrected chi connectivity index (χ3v) is 4.66. The normalized spacial score (nSPS) is 19.9. The minimum absolute atomic E-state index is 0. The van der Waals surface area contributed by atoms with E-state index in [1.54, 1.807) is 0 Å². The summed E-state index contributed by atoms with van der Waals surface area (Å²) < 4.78 is 36.5. The first-order valence-corrected chi connectivity index (χ1v) is 8.11. The molecular weight excluding hydrogens is 345 g/mol. The van der Waals surface area contributed by atoms with E-state index in [-0.39, 0.29) is 54.9 Å². The molecule has 0 radical (unpaired) electrons. The number of nitrogens with zero attached hydrogens (tertiary/aromatic N) is 3. The van der Waals surface area contributed by atoms with Gasteiger partial charge in [0.05, 0.1) is 30.1 Å². The van der Waals surface area contributed by atoms with E-state index in [0.717, 1.165) is 0 Å². The SMILES string of the molecule is CC(=O)Cc1nc2c(s1)C1CN(C2)C(=O)N1OS(=O)(=O)[O-].[Na+]. The number of hydroxylamine groups is 2. The van der Waals surface area contributed by atoms with Gasteiger partial charge in [-0.05, 0) is 6.92 Å². The number of carbonyl (C=O) groups is 2. The molecule has 0 saturated carbocycles. The van der Waals surface area contributed by atoms with Crippen molar-refractivity contribution in [3.63, 3.8) is 0 Å². The summed E-state index contributed by atoms with van der Waals surface area (Å²) in [6.45, 7) is 1.87. The van der Waals surface area contributed by atoms with Crippen molar-refractivity contribution in [3.05, 3.63) is 15.6 Å². The number of Topliss-reactive ketones (excluding diaryl/α,β-unsaturated/α-hetero) is 1. The number of carbonyl (C=O) groups excluding carboxylic acids is 2. The molecular formula is C10H10N3NaO6S2. The van der Waals surface area contributed by atoms with Gasteiger partial charge in [-0.25, -0.2) is 18.2 Å². The van der Waals surface area contributed by atoms with Crippen LogP contribution in [0.25, 0.3) is 0 Å². The van der Waals surface area contributed by atoms with Crippen molar-refractivity contribution in [2.45, 2.75) is 25.9 Å². The van der Waals surface area contributed by atoms with E-state index >= 15 is 0 Å². The molecule has 1 saturated heterocycles. The van der Waals surface area contributed by atoms with Crippen LogP contribution >= 0.6 is 11.3 Å². The molecule has 22 heavy (non-hydrogen) atoms. The van der Waals surface area contributed by atoms with Crippen LogP contribution in [0, 0.1) is 0 Å². The number of fused-ring (bicyclic) bond motifs is 4. The minimum atomic E-state index is -5.04. The molecule has 3 heterocycles. The van der Waals surface area contributed by atoms with E-state index in [9.17, 15) is 22.6 Å². The average Bonchev–Trinajstić information content (AvgIpc) is 2.83. The van der Waals surface area contributed by atoms with Crippen LogP contribution in [0.4, 0.5) is 4.79 Å². The third-order valence-electron chi connectivity index (χ3n) is 3.12. The summed E-state index contributed by atoms with van der Waals surface area (Å²) in [4.78, 5) is 29.4. The largest absolute Gasteiger partial charge is 1.00 e. The first-order valence-electron chi connectivity index (χ1n) is 5.96. The molecule has 114 valence electrons. The molecule has 1 unspecified atom stereocenters. The zero-order chi connectivity index (χ0) is 15.4. The second-order valence-electron chi connectivity index (χ2n) is 4.78. The van der Waals surface area contributed by atoms with Crippen molar-refractivity contribution >= 4 is 33.6 Å². The van der Waals surface area contributed by atoms with Gasteiger partial charge < -0.3 is 9.45 Å². The Labute approximate surface area is 152 Å². The fourth-order valence-corrected chi connectivity index (χ4v) is 3.98. The van der Waals surface area contributed by atoms with E-state index in [1.165, 1.54) is 23.2 Å². The maximum absolute atomic E-state index is 11.9. The van der Waals surface area contributed by atoms with Crippen molar-refractivity contribution in [1.29, 1.82) is 0 Å². The molecule has 0 N–H and O–H groups in total. The van der Waals surface area contributed by atoms with Crippen LogP contribution in [-0.4, -0.2) is 46.3 Å². The van der Waals surface area contributed by atoms with Gasteiger partial charge in [0.1, 0.15) is 16.8 Å². The molecule has 2 bridgehead atoms. The van der Waals surface area contributed by atoms with Crippen LogP contribution in [0.1, 0.15) is 28.5 Å². The van der Waals surface area contributed by atoms with Gasteiger partial charge in [-0.3, -0.25) is 4.79 Å². The van der Waals surface area contributed by atoms with Crippen LogP contribution in [0.3, 0.4) is 0 Å². The monoisotopic (exact) mass is 355 g/mol. The number of hydrogen-bond donors (Lipinski definition) is 0. The molecule has 1 aromatic rings. The fraction of sp³-hybridized carbons (Fsp3) is 0.500. The van der Waals surface area contributed by atoms with Crippen molar-refractivity contribution in [1.82, 2.24) is 14.9 Å². The Hall–Kier alpha value is -0.560. The molecule has 1 fully saturated rings. The number of hydrogen-bond acceptors (Lipinski definition) is 8. The topological polar surface area (TPSA) is 120 Å². The van der Waals surface area contributed by atoms with E-state index in [2.05, 4.69) is 9.27 Å². The smallest absolute Gasteiger partial charge is 0.724 e. The van der Waals surface area contributed by atoms with Crippen LogP contribution in [-0.2, 0) is 32.4 Å². The third kappa shape index (κ3) is 3.35. The number of rotatable bonds is 4. The van der Waals surface area contributed by atoms with Crippen LogP contribution in [0.15, 0.2) is 0 Å². The Morgan fingerprint density at radius 2 is 2.23 bits per heavy atom. The van der Waals surface area contributed by atoms with Gasteiger partial charge in [-0.2, -0.15) is 9.35 Å². The van der Waals surface area contributed by atoms with Crippen molar-refractivity contribution < 1.29 is 56.4 Å². The van der Waals surface area contributed by atoms with Crippen LogP contribution in [0.2, 0.25) is 0 Å². The molecule has 2 aliphatic heterocycles. The Morgan fingerprint density at radius 1 is 1.55 bits per heavy atom. The standard InChI is InChI=1S/C10H11N3O6S2.Na/c1-5(14)2-8-11-6-3-12-4-7(9(6)20-8)13(10(12)15)19-21(16,17)18;/h7H,2-4H2,1H3,(H,16,17,18);/q;+1/p-1. The Bertz CT molecular complexity index is 733. The van der Waals surface area contributed by atoms with Crippen molar-refractivity contribution in [2.75, 3.05) is 6.54 Å². The summed E-state index contributed by atoms with van der Waals surface area (Å²) in [5, 5.41) is 1.17. The van der Waals surface area contributed by atoms with Gasteiger partial charge in [-0.1, -0.05) is 0 Å². The maximum Gasteiger partial charge on any atom is 1.00 e. The van der Waals surface area contributed by atoms with Gasteiger partial charge in [0.25, 0.3) is 0 Å². The quantitative estimate of drug-likeness (QED) is 0.320. The summed E-state index contributed by atoms with van der Waals surface area (Å²) >= 11 is 1.23. The van der Waals surface area contributed by atoms with E-state index in [0.29, 0.717) is 20.6 Å². The van der Waals surface area contributed by atoms with E-state index < -0.39 is 22.5 Å². The molecule has 1 aromatic heterocycles. The Kier molecular flexibility index (Phi) is 4.97. The summed E-state index contributed by atoms with van der Waals surface area (Å²) in [6, 6.07) is -1.37. The average molecular weight is 355 g/mol. The molecule has 0 spiro atoms. The first kappa shape index (κ1) is 17.8. The van der Waals surface area contributed by atoms with Crippen LogP contribution < -0.4 is 29.6 Å². The predicted molar refractivity (Wildman–Crippen MR) is 67.7 cm³/mol. The molecule has 9 nitrogen and oxygen atoms in total. The summed E-state index contributed by atoms with van der Waals surface area (Å²) in [5.41, 5.74) is 0.607. The van der Waals surface area contributed by atoms with Gasteiger partial charge in [0.15, 0.2) is 0 Å². The van der Waals surface area contributed by atoms with E-state index in [1.807, 2.05) is 0 Å². The van der Waals surface area contributed by atoms with Gasteiger partial charge in [0.2, 0.25) is 10.4 Å². The summed E-state index contributed by atoms with van der Waals surface area (Å²) in [6.07, 6.45) is 0.180. The first-order chi connectivity index (χ1) is 9.74. The zero-order valence-corrected chi connectivity index (χ0v) is 15.4. The number of ketones is 1. The number of thiazole rings is 1. The van der Waals surface area contributed by atoms with E-state index in [4.69, 9.17) is 0 Å². The van der Waals surface area contributed by atoms with Crippen molar-refractivity contribution in [3.8, 4) is 0 Å². The Balaban J connectivity index is 0.00000176. The minimum Gasteiger partial charge on any atom is -0.724 e. The number of urea groups is 1. The van der Waals surface area contributed by atoms with Gasteiger partial charge in [-0.15, -0.1) is 11.3 Å². The number of amides is 2. The molecule has 1 atom stereocenters. The summed E-state index contributed by atoms with van der Waals surface area (Å²) in [5.74, 6) is -0.0436. The van der Waals surface area contributed by atoms with Crippen molar-refractivity contribution in [2.24, 2.45) is 0 Å². The van der Waals surface area contributed by atoms with Gasteiger partial charge in [0, 0.05) is 0 Å².